The molecule has 3 nitrogen and oxygen atoms in total. The number of hydrogen-bond donors (Lipinski definition) is 1. The monoisotopic (exact) mass is 473 g/mol. The van der Waals surface area contributed by atoms with Gasteiger partial charge >= 0.3 is 0 Å². The van der Waals surface area contributed by atoms with Gasteiger partial charge in [0, 0.05) is 45.3 Å². The van der Waals surface area contributed by atoms with E-state index in [-0.39, 0.29) is 0 Å². The van der Waals surface area contributed by atoms with Crippen LogP contribution in [0.5, 0.6) is 0 Å². The molecule has 0 aliphatic carbocycles. The molecule has 7 aromatic rings. The zero-order chi connectivity index (χ0) is 24.6. The molecular weight excluding hydrogens is 450 g/mol. The lowest BCUT2D eigenvalue weighted by Crippen LogP contribution is -1.87. The van der Waals surface area contributed by atoms with Gasteiger partial charge in [0.2, 0.25) is 0 Å². The highest BCUT2D eigenvalue weighted by Gasteiger charge is 2.13. The number of hydrogen-bond acceptors (Lipinski definition) is 2. The van der Waals surface area contributed by atoms with Crippen LogP contribution in [-0.4, -0.2) is 15.0 Å². The van der Waals surface area contributed by atoms with Gasteiger partial charge in [-0.25, -0.2) is 0 Å². The molecule has 0 atom stereocenters. The number of pyridine rings is 2. The lowest BCUT2D eigenvalue weighted by atomic mass is 9.94. The van der Waals surface area contributed by atoms with E-state index >= 15 is 0 Å². The zero-order valence-corrected chi connectivity index (χ0v) is 20.1. The van der Waals surface area contributed by atoms with E-state index in [0.29, 0.717) is 0 Å². The van der Waals surface area contributed by atoms with Crippen molar-refractivity contribution in [3.63, 3.8) is 0 Å². The van der Waals surface area contributed by atoms with Crippen LogP contribution in [-0.2, 0) is 0 Å². The predicted molar refractivity (Wildman–Crippen MR) is 153 cm³/mol. The minimum absolute atomic E-state index is 0.977. The van der Waals surface area contributed by atoms with Gasteiger partial charge < -0.3 is 4.98 Å². The predicted octanol–water partition coefficient (Wildman–Crippen LogP) is 8.78. The molecular formula is C34H23N3. The molecule has 1 N–H and O–H groups in total. The van der Waals surface area contributed by atoms with Gasteiger partial charge in [0.15, 0.2) is 0 Å². The highest BCUT2D eigenvalue weighted by molar-refractivity contribution is 6.10. The Morgan fingerprint density at radius 3 is 1.27 bits per heavy atom. The zero-order valence-electron chi connectivity index (χ0n) is 20.1. The van der Waals surface area contributed by atoms with Crippen LogP contribution in [0.3, 0.4) is 0 Å². The van der Waals surface area contributed by atoms with Crippen molar-refractivity contribution in [1.29, 1.82) is 0 Å². The number of rotatable bonds is 4. The highest BCUT2D eigenvalue weighted by Crippen LogP contribution is 2.37. The van der Waals surface area contributed by atoms with Gasteiger partial charge in [-0.2, -0.15) is 0 Å². The van der Waals surface area contributed by atoms with Crippen LogP contribution in [0.1, 0.15) is 0 Å². The Morgan fingerprint density at radius 2 is 0.838 bits per heavy atom. The maximum absolute atomic E-state index is 4.60. The summed E-state index contributed by atoms with van der Waals surface area (Å²) in [6.45, 7) is 0. The summed E-state index contributed by atoms with van der Waals surface area (Å²) in [6.07, 6.45) is 3.69. The maximum atomic E-state index is 4.60. The third-order valence-electron chi connectivity index (χ3n) is 6.96. The van der Waals surface area contributed by atoms with Gasteiger partial charge in [0.25, 0.3) is 0 Å². The summed E-state index contributed by atoms with van der Waals surface area (Å²) >= 11 is 0. The quantitative estimate of drug-likeness (QED) is 0.277. The SMILES string of the molecule is c1ccc(-c2ccccc2-c2ccc3[nH]c4ccc(-c5ccccc5-c5ccccn5)cc4c3c2)nc1. The standard InChI is InChI=1S/C34H23N3/c1-3-11-27(31-13-5-7-19-35-31)25(9-1)23-15-17-33-29(21-23)30-22-24(16-18-34(30)37-33)26-10-2-4-12-28(26)32-14-6-8-20-36-32/h1-22,37H. The first kappa shape index (κ1) is 21.3. The summed E-state index contributed by atoms with van der Waals surface area (Å²) in [7, 11) is 0. The van der Waals surface area contributed by atoms with Crippen LogP contribution in [0.15, 0.2) is 134 Å². The van der Waals surface area contributed by atoms with E-state index in [1.165, 1.54) is 33.0 Å². The largest absolute Gasteiger partial charge is 0.355 e. The Morgan fingerprint density at radius 1 is 0.405 bits per heavy atom. The van der Waals surface area contributed by atoms with Crippen LogP contribution >= 0.6 is 0 Å². The van der Waals surface area contributed by atoms with Crippen LogP contribution in [0.2, 0.25) is 0 Å². The van der Waals surface area contributed by atoms with Crippen molar-refractivity contribution in [2.45, 2.75) is 0 Å². The van der Waals surface area contributed by atoms with Gasteiger partial charge in [-0.15, -0.1) is 0 Å². The second kappa shape index (κ2) is 8.89. The first-order valence-corrected chi connectivity index (χ1v) is 12.4. The molecule has 0 unspecified atom stereocenters. The fourth-order valence-corrected chi connectivity index (χ4v) is 5.19. The van der Waals surface area contributed by atoms with E-state index in [9.17, 15) is 0 Å². The molecule has 0 amide bonds. The molecule has 0 saturated heterocycles. The average Bonchev–Trinajstić information content (AvgIpc) is 3.35. The molecule has 0 aliphatic heterocycles. The molecule has 0 radical (unpaired) electrons. The van der Waals surface area contributed by atoms with E-state index in [2.05, 4.69) is 112 Å². The minimum atomic E-state index is 0.977. The van der Waals surface area contributed by atoms with E-state index in [4.69, 9.17) is 0 Å². The summed E-state index contributed by atoms with van der Waals surface area (Å²) in [6, 6.07) is 42.4. The summed E-state index contributed by atoms with van der Waals surface area (Å²) in [5, 5.41) is 2.42. The Balaban J connectivity index is 1.39. The summed E-state index contributed by atoms with van der Waals surface area (Å²) in [4.78, 5) is 12.8. The Kier molecular flexibility index (Phi) is 5.11. The van der Waals surface area contributed by atoms with Gasteiger partial charge in [-0.3, -0.25) is 9.97 Å². The number of nitrogens with one attached hydrogen (secondary N) is 1. The molecule has 0 aliphatic rings. The summed E-state index contributed by atoms with van der Waals surface area (Å²) in [5.41, 5.74) is 11.2. The molecule has 0 fully saturated rings. The van der Waals surface area contributed by atoms with Crippen molar-refractivity contribution < 1.29 is 0 Å². The lowest BCUT2D eigenvalue weighted by molar-refractivity contribution is 1.33. The van der Waals surface area contributed by atoms with Crippen LogP contribution in [0.4, 0.5) is 0 Å². The van der Waals surface area contributed by atoms with E-state index < -0.39 is 0 Å². The number of H-pyrrole nitrogens is 1. The fraction of sp³-hybridized carbons (Fsp3) is 0. The minimum Gasteiger partial charge on any atom is -0.355 e. The Bertz CT molecular complexity index is 1730. The fourth-order valence-electron chi connectivity index (χ4n) is 5.19. The van der Waals surface area contributed by atoms with Crippen LogP contribution < -0.4 is 0 Å². The number of nitrogens with zero attached hydrogens (tertiary/aromatic N) is 2. The molecule has 4 aromatic carbocycles. The number of aromatic amines is 1. The van der Waals surface area contributed by atoms with E-state index in [0.717, 1.165) is 33.5 Å². The second-order valence-electron chi connectivity index (χ2n) is 9.17. The van der Waals surface area contributed by atoms with Crippen LogP contribution in [0.25, 0.3) is 66.6 Å². The molecule has 3 heteroatoms. The van der Waals surface area contributed by atoms with Crippen molar-refractivity contribution >= 4 is 21.8 Å². The first-order chi connectivity index (χ1) is 18.3. The Labute approximate surface area is 215 Å². The average molecular weight is 474 g/mol. The molecule has 3 aromatic heterocycles. The number of fused-ring (bicyclic) bond motifs is 3. The summed E-state index contributed by atoms with van der Waals surface area (Å²) in [5.74, 6) is 0. The highest BCUT2D eigenvalue weighted by atomic mass is 14.7. The van der Waals surface area contributed by atoms with Gasteiger partial charge in [-0.05, 0) is 70.8 Å². The maximum Gasteiger partial charge on any atom is 0.0708 e. The van der Waals surface area contributed by atoms with Crippen molar-refractivity contribution in [3.8, 4) is 44.8 Å². The van der Waals surface area contributed by atoms with Gasteiger partial charge in [-0.1, -0.05) is 72.8 Å². The normalized spacial score (nSPS) is 11.2. The molecule has 37 heavy (non-hydrogen) atoms. The topological polar surface area (TPSA) is 41.6 Å². The third kappa shape index (κ3) is 3.78. The van der Waals surface area contributed by atoms with Crippen molar-refractivity contribution in [2.24, 2.45) is 0 Å². The molecule has 174 valence electrons. The lowest BCUT2D eigenvalue weighted by Gasteiger charge is -2.10. The first-order valence-electron chi connectivity index (χ1n) is 12.4. The van der Waals surface area contributed by atoms with Crippen molar-refractivity contribution in [3.05, 3.63) is 134 Å². The molecule has 3 heterocycles. The van der Waals surface area contributed by atoms with E-state index in [1.54, 1.807) is 0 Å². The molecule has 0 spiro atoms. The molecule has 7 rings (SSSR count). The number of aromatic nitrogens is 3. The van der Waals surface area contributed by atoms with Gasteiger partial charge in [0.1, 0.15) is 0 Å². The van der Waals surface area contributed by atoms with Crippen molar-refractivity contribution in [2.75, 3.05) is 0 Å². The Hall–Kier alpha value is -5.02. The molecule has 0 bridgehead atoms. The van der Waals surface area contributed by atoms with Gasteiger partial charge in [0.05, 0.1) is 11.4 Å². The summed E-state index contributed by atoms with van der Waals surface area (Å²) < 4.78 is 0. The van der Waals surface area contributed by atoms with Crippen molar-refractivity contribution in [1.82, 2.24) is 15.0 Å². The third-order valence-corrected chi connectivity index (χ3v) is 6.96. The van der Waals surface area contributed by atoms with Crippen LogP contribution in [0, 0.1) is 0 Å². The van der Waals surface area contributed by atoms with E-state index in [1.807, 2.05) is 36.7 Å². The molecule has 0 saturated carbocycles. The second-order valence-corrected chi connectivity index (χ2v) is 9.17. The number of benzene rings is 4. The smallest absolute Gasteiger partial charge is 0.0708 e.